The van der Waals surface area contributed by atoms with E-state index in [0.717, 1.165) is 43.4 Å². The molecule has 4 nitrogen and oxygen atoms in total. The van der Waals surface area contributed by atoms with Gasteiger partial charge in [0.25, 0.3) is 0 Å². The number of fused-ring (bicyclic) bond motifs is 1. The Balaban J connectivity index is 1.69. The van der Waals surface area contributed by atoms with Crippen LogP contribution in [0.3, 0.4) is 0 Å². The van der Waals surface area contributed by atoms with Gasteiger partial charge in [0.15, 0.2) is 0 Å². The van der Waals surface area contributed by atoms with E-state index in [1.165, 1.54) is 5.56 Å². The van der Waals surface area contributed by atoms with Gasteiger partial charge in [-0.3, -0.25) is 9.69 Å². The Kier molecular flexibility index (Phi) is 3.74. The van der Waals surface area contributed by atoms with E-state index in [9.17, 15) is 4.79 Å². The Hall–Kier alpha value is -1.81. The molecule has 0 radical (unpaired) electrons. The zero-order chi connectivity index (χ0) is 13.9. The molecule has 0 bridgehead atoms. The summed E-state index contributed by atoms with van der Waals surface area (Å²) in [5, 5.41) is 10.1. The molecule has 1 unspecified atom stereocenters. The highest BCUT2D eigenvalue weighted by Gasteiger charge is 2.22. The van der Waals surface area contributed by atoms with E-state index in [1.807, 2.05) is 24.5 Å². The predicted molar refractivity (Wildman–Crippen MR) is 76.5 cm³/mol. The first kappa shape index (κ1) is 13.2. The summed E-state index contributed by atoms with van der Waals surface area (Å²) in [7, 11) is 0. The summed E-state index contributed by atoms with van der Waals surface area (Å²) >= 11 is 0. The Bertz CT molecular complexity index is 605. The topological polar surface area (TPSA) is 53.7 Å². The molecule has 0 saturated carbocycles. The number of para-hydroxylation sites is 1. The maximum Gasteiger partial charge on any atom is 0.303 e. The third-order valence-electron chi connectivity index (χ3n) is 4.02. The second kappa shape index (κ2) is 5.67. The van der Waals surface area contributed by atoms with Crippen LogP contribution < -0.4 is 0 Å². The Morgan fingerprint density at radius 3 is 3.10 bits per heavy atom. The lowest BCUT2D eigenvalue weighted by atomic mass is 9.94. The molecule has 1 N–H and O–H groups in total. The summed E-state index contributed by atoms with van der Waals surface area (Å²) in [5.41, 5.74) is 2.11. The number of likely N-dealkylation sites (tertiary alicyclic amines) is 1. The molecule has 1 atom stereocenters. The van der Waals surface area contributed by atoms with Crippen LogP contribution >= 0.6 is 0 Å². The maximum absolute atomic E-state index is 10.8. The molecule has 106 valence electrons. The number of aliphatic carboxylic acids is 1. The molecule has 0 amide bonds. The number of carboxylic acids is 1. The molecule has 0 spiro atoms. The summed E-state index contributed by atoms with van der Waals surface area (Å²) in [6.45, 7) is 2.74. The molecular formula is C16H19NO3. The molecule has 1 fully saturated rings. The molecule has 4 heteroatoms. The normalized spacial score (nSPS) is 20.3. The molecule has 2 aromatic rings. The lowest BCUT2D eigenvalue weighted by molar-refractivity contribution is -0.138. The summed E-state index contributed by atoms with van der Waals surface area (Å²) in [5.74, 6) is -0.412. The number of benzene rings is 1. The van der Waals surface area contributed by atoms with Crippen molar-refractivity contribution in [2.24, 2.45) is 5.92 Å². The maximum atomic E-state index is 10.8. The van der Waals surface area contributed by atoms with E-state index in [-0.39, 0.29) is 12.3 Å². The predicted octanol–water partition coefficient (Wildman–Crippen LogP) is 3.12. The van der Waals surface area contributed by atoms with Crippen molar-refractivity contribution in [3.05, 3.63) is 36.1 Å². The summed E-state index contributed by atoms with van der Waals surface area (Å²) in [4.78, 5) is 13.2. The number of furan rings is 1. The highest BCUT2D eigenvalue weighted by molar-refractivity contribution is 5.80. The van der Waals surface area contributed by atoms with Crippen LogP contribution in [0.4, 0.5) is 0 Å². The molecule has 1 aromatic carbocycles. The van der Waals surface area contributed by atoms with Gasteiger partial charge in [0, 0.05) is 30.5 Å². The fourth-order valence-corrected chi connectivity index (χ4v) is 3.10. The van der Waals surface area contributed by atoms with Crippen molar-refractivity contribution in [2.45, 2.75) is 25.8 Å². The largest absolute Gasteiger partial charge is 0.481 e. The van der Waals surface area contributed by atoms with Crippen molar-refractivity contribution in [1.29, 1.82) is 0 Å². The molecule has 20 heavy (non-hydrogen) atoms. The SMILES string of the molecule is O=C(O)CC1CCCN(Cc2coc3ccccc23)C1. The number of carbonyl (C=O) groups is 1. The monoisotopic (exact) mass is 273 g/mol. The molecule has 2 heterocycles. The fraction of sp³-hybridized carbons (Fsp3) is 0.438. The van der Waals surface area contributed by atoms with Gasteiger partial charge in [-0.1, -0.05) is 18.2 Å². The van der Waals surface area contributed by atoms with E-state index < -0.39 is 5.97 Å². The Morgan fingerprint density at radius 2 is 2.25 bits per heavy atom. The van der Waals surface area contributed by atoms with Gasteiger partial charge >= 0.3 is 5.97 Å². The Morgan fingerprint density at radius 1 is 1.40 bits per heavy atom. The van der Waals surface area contributed by atoms with Crippen LogP contribution in [0, 0.1) is 5.92 Å². The first-order chi connectivity index (χ1) is 9.72. The van der Waals surface area contributed by atoms with Crippen LogP contribution in [0.5, 0.6) is 0 Å². The van der Waals surface area contributed by atoms with E-state index in [0.29, 0.717) is 0 Å². The third-order valence-corrected chi connectivity index (χ3v) is 4.02. The summed E-state index contributed by atoms with van der Waals surface area (Å²) in [6.07, 6.45) is 4.21. The minimum atomic E-state index is -0.689. The van der Waals surface area contributed by atoms with Crippen LogP contribution in [-0.4, -0.2) is 29.1 Å². The number of carboxylic acid groups (broad SMARTS) is 1. The second-order valence-corrected chi connectivity index (χ2v) is 5.60. The fourth-order valence-electron chi connectivity index (χ4n) is 3.10. The molecular weight excluding hydrogens is 254 g/mol. The second-order valence-electron chi connectivity index (χ2n) is 5.60. The average Bonchev–Trinajstić information content (AvgIpc) is 2.82. The van der Waals surface area contributed by atoms with Crippen molar-refractivity contribution in [2.75, 3.05) is 13.1 Å². The van der Waals surface area contributed by atoms with Crippen LogP contribution in [0.2, 0.25) is 0 Å². The molecule has 1 saturated heterocycles. The zero-order valence-corrected chi connectivity index (χ0v) is 11.4. The van der Waals surface area contributed by atoms with Crippen molar-refractivity contribution in [3.63, 3.8) is 0 Å². The van der Waals surface area contributed by atoms with E-state index in [4.69, 9.17) is 9.52 Å². The number of rotatable bonds is 4. The smallest absolute Gasteiger partial charge is 0.303 e. The van der Waals surface area contributed by atoms with E-state index >= 15 is 0 Å². The van der Waals surface area contributed by atoms with Crippen molar-refractivity contribution in [1.82, 2.24) is 4.90 Å². The number of hydrogen-bond donors (Lipinski definition) is 1. The van der Waals surface area contributed by atoms with Gasteiger partial charge in [0.1, 0.15) is 5.58 Å². The van der Waals surface area contributed by atoms with Gasteiger partial charge in [0.2, 0.25) is 0 Å². The van der Waals surface area contributed by atoms with Gasteiger partial charge in [-0.15, -0.1) is 0 Å². The van der Waals surface area contributed by atoms with Gasteiger partial charge in [-0.25, -0.2) is 0 Å². The molecule has 0 aliphatic carbocycles. The first-order valence-corrected chi connectivity index (χ1v) is 7.11. The molecule has 1 aliphatic heterocycles. The molecule has 1 aliphatic rings. The minimum absolute atomic E-state index is 0.277. The number of piperidine rings is 1. The standard InChI is InChI=1S/C16H19NO3/c18-16(19)8-12-4-3-7-17(9-12)10-13-11-20-15-6-2-1-5-14(13)15/h1-2,5-6,11-12H,3-4,7-10H2,(H,18,19). The van der Waals surface area contributed by atoms with Crippen LogP contribution in [0.25, 0.3) is 11.0 Å². The Labute approximate surface area is 118 Å². The number of hydrogen-bond acceptors (Lipinski definition) is 3. The zero-order valence-electron chi connectivity index (χ0n) is 11.4. The highest BCUT2D eigenvalue weighted by Crippen LogP contribution is 2.25. The van der Waals surface area contributed by atoms with Gasteiger partial charge in [-0.2, -0.15) is 0 Å². The van der Waals surface area contributed by atoms with Crippen molar-refractivity contribution < 1.29 is 14.3 Å². The van der Waals surface area contributed by atoms with Crippen molar-refractivity contribution >= 4 is 16.9 Å². The van der Waals surface area contributed by atoms with Gasteiger partial charge < -0.3 is 9.52 Å². The van der Waals surface area contributed by atoms with Crippen LogP contribution in [0.1, 0.15) is 24.8 Å². The van der Waals surface area contributed by atoms with Gasteiger partial charge in [-0.05, 0) is 31.4 Å². The summed E-state index contributed by atoms with van der Waals surface area (Å²) < 4.78 is 5.56. The highest BCUT2D eigenvalue weighted by atomic mass is 16.4. The number of nitrogens with zero attached hydrogens (tertiary/aromatic N) is 1. The van der Waals surface area contributed by atoms with E-state index in [1.54, 1.807) is 0 Å². The average molecular weight is 273 g/mol. The summed E-state index contributed by atoms with van der Waals surface area (Å²) in [6, 6.07) is 8.04. The van der Waals surface area contributed by atoms with E-state index in [2.05, 4.69) is 11.0 Å². The lowest BCUT2D eigenvalue weighted by Crippen LogP contribution is -2.35. The first-order valence-electron chi connectivity index (χ1n) is 7.11. The minimum Gasteiger partial charge on any atom is -0.481 e. The van der Waals surface area contributed by atoms with Crippen LogP contribution in [0.15, 0.2) is 34.9 Å². The van der Waals surface area contributed by atoms with Crippen molar-refractivity contribution in [3.8, 4) is 0 Å². The lowest BCUT2D eigenvalue weighted by Gasteiger charge is -2.31. The quantitative estimate of drug-likeness (QED) is 0.930. The van der Waals surface area contributed by atoms with Gasteiger partial charge in [0.05, 0.1) is 6.26 Å². The third kappa shape index (κ3) is 2.85. The molecule has 1 aromatic heterocycles. The molecule has 3 rings (SSSR count). The van der Waals surface area contributed by atoms with Crippen LogP contribution in [-0.2, 0) is 11.3 Å².